The lowest BCUT2D eigenvalue weighted by atomic mass is 9.64. The van der Waals surface area contributed by atoms with Crippen molar-refractivity contribution in [2.45, 2.75) is 31.6 Å². The van der Waals surface area contributed by atoms with E-state index in [0.29, 0.717) is 16.5 Å². The number of ketones is 1. The number of halogens is 1. The van der Waals surface area contributed by atoms with E-state index in [1.54, 1.807) is 13.0 Å². The van der Waals surface area contributed by atoms with Gasteiger partial charge in [0, 0.05) is 37.9 Å². The number of carboxylic acids is 1. The molecule has 1 aromatic heterocycles. The number of carboxylic acid groups (broad SMARTS) is 1. The number of piperazine rings is 1. The van der Waals surface area contributed by atoms with Crippen molar-refractivity contribution >= 4 is 36.7 Å². The Balaban J connectivity index is 1.58. The minimum atomic E-state index is -1.76. The highest BCUT2D eigenvalue weighted by molar-refractivity contribution is 6.47. The first-order valence-corrected chi connectivity index (χ1v) is 12.0. The van der Waals surface area contributed by atoms with E-state index in [9.17, 15) is 43.6 Å². The zero-order valence-electron chi connectivity index (χ0n) is 20.7. The lowest BCUT2D eigenvalue weighted by Gasteiger charge is -2.33. The zero-order valence-corrected chi connectivity index (χ0v) is 20.7. The van der Waals surface area contributed by atoms with E-state index >= 15 is 0 Å². The summed E-state index contributed by atoms with van der Waals surface area (Å²) in [5.41, 5.74) is -0.304. The van der Waals surface area contributed by atoms with Gasteiger partial charge in [0.2, 0.25) is 0 Å². The first-order chi connectivity index (χ1) is 18.5. The number of nitrogens with zero attached hydrogens (tertiary/aromatic N) is 3. The van der Waals surface area contributed by atoms with Crippen molar-refractivity contribution in [1.29, 1.82) is 0 Å². The molecule has 0 bridgehead atoms. The lowest BCUT2D eigenvalue weighted by molar-refractivity contribution is -0.153. The topological polar surface area (TPSA) is 187 Å². The van der Waals surface area contributed by atoms with Crippen molar-refractivity contribution in [3.8, 4) is 11.5 Å². The predicted octanol–water partition coefficient (Wildman–Crippen LogP) is 0.511. The molecule has 4 rings (SSSR count). The minimum Gasteiger partial charge on any atom is -0.535 e. The number of aromatic hydroxyl groups is 1. The van der Waals surface area contributed by atoms with Crippen LogP contribution in [0.1, 0.15) is 41.0 Å². The molecule has 4 N–H and O–H groups in total. The Morgan fingerprint density at radius 2 is 2.00 bits per heavy atom. The number of urea groups is 1. The van der Waals surface area contributed by atoms with Gasteiger partial charge >= 0.3 is 30.9 Å². The number of rotatable bonds is 7. The standard InChI is InChI=1S/C24H24BFN4O9/c1-2-29-6-7-30(22(34)21(29)33)24(37)28-19(18-16(26)10-14(31)11-27-18)17(32)9-13-8-12-4-3-5-15(23(35)36)20(12)39-25(13)38/h3-5,10-11,13,19,31,38H,2,6-9H2,1H3,(H,28,37)(H,35,36)/t13-,19+/m1/s1. The Bertz CT molecular complexity index is 1360. The minimum absolute atomic E-state index is 0.0292. The number of carbonyl (C=O) groups is 5. The van der Waals surface area contributed by atoms with Gasteiger partial charge < -0.3 is 30.1 Å². The molecule has 2 aliphatic rings. The first kappa shape index (κ1) is 27.5. The highest BCUT2D eigenvalue weighted by Crippen LogP contribution is 2.37. The number of amides is 4. The molecule has 2 aromatic rings. The predicted molar refractivity (Wildman–Crippen MR) is 130 cm³/mol. The number of hydrogen-bond donors (Lipinski definition) is 4. The molecule has 1 fully saturated rings. The van der Waals surface area contributed by atoms with Gasteiger partial charge in [-0.25, -0.2) is 14.0 Å². The van der Waals surface area contributed by atoms with Crippen LogP contribution >= 0.6 is 0 Å². The number of fused-ring (bicyclic) bond motifs is 1. The fraction of sp³-hybridized carbons (Fsp3) is 0.333. The first-order valence-electron chi connectivity index (χ1n) is 12.0. The number of aromatic carboxylic acids is 1. The second-order valence-corrected chi connectivity index (χ2v) is 9.03. The van der Waals surface area contributed by atoms with E-state index in [4.69, 9.17) is 4.65 Å². The molecule has 4 amide bonds. The summed E-state index contributed by atoms with van der Waals surface area (Å²) in [6.07, 6.45) is 0.421. The molecule has 15 heteroatoms. The summed E-state index contributed by atoms with van der Waals surface area (Å²) in [6, 6.07) is 2.15. The molecule has 0 aliphatic carbocycles. The molecule has 3 heterocycles. The molecule has 0 radical (unpaired) electrons. The van der Waals surface area contributed by atoms with E-state index in [1.165, 1.54) is 17.0 Å². The second-order valence-electron chi connectivity index (χ2n) is 9.03. The Kier molecular flexibility index (Phi) is 7.81. The SMILES string of the molecule is CCN1CCN(C(=O)N[C@@H](C(=O)C[C@H]2Cc3cccc(C(=O)O)c3OB2O)c2ncc(O)cc2F)C(=O)C1=O. The van der Waals surface area contributed by atoms with Crippen molar-refractivity contribution < 1.29 is 48.3 Å². The van der Waals surface area contributed by atoms with E-state index in [2.05, 4.69) is 10.3 Å². The van der Waals surface area contributed by atoms with Crippen molar-refractivity contribution in [3.05, 3.63) is 53.1 Å². The molecule has 39 heavy (non-hydrogen) atoms. The van der Waals surface area contributed by atoms with E-state index in [1.807, 2.05) is 0 Å². The maximum atomic E-state index is 14.8. The van der Waals surface area contributed by atoms with Crippen LogP contribution < -0.4 is 9.97 Å². The third-order valence-corrected chi connectivity index (χ3v) is 6.57. The molecule has 2 aliphatic heterocycles. The van der Waals surface area contributed by atoms with Crippen LogP contribution in [0.4, 0.5) is 9.18 Å². The molecule has 13 nitrogen and oxygen atoms in total. The van der Waals surface area contributed by atoms with Gasteiger partial charge in [-0.2, -0.15) is 0 Å². The number of benzene rings is 1. The smallest absolute Gasteiger partial charge is 0.526 e. The molecule has 204 valence electrons. The summed E-state index contributed by atoms with van der Waals surface area (Å²) in [7, 11) is -1.60. The van der Waals surface area contributed by atoms with Crippen molar-refractivity contribution in [2.24, 2.45) is 0 Å². The van der Waals surface area contributed by atoms with Crippen molar-refractivity contribution in [2.75, 3.05) is 19.6 Å². The number of pyridine rings is 1. The number of likely N-dealkylation sites (N-methyl/N-ethyl adjacent to an activating group) is 1. The molecule has 0 spiro atoms. The maximum absolute atomic E-state index is 14.8. The van der Waals surface area contributed by atoms with Gasteiger partial charge in [0.1, 0.15) is 23.2 Å². The highest BCUT2D eigenvalue weighted by atomic mass is 19.1. The van der Waals surface area contributed by atoms with E-state index < -0.39 is 72.3 Å². The Hall–Kier alpha value is -4.53. The number of Topliss-reactive ketones (excluding diaryl/α,β-unsaturated/α-hetero) is 1. The van der Waals surface area contributed by atoms with Crippen LogP contribution in [0.5, 0.6) is 11.5 Å². The van der Waals surface area contributed by atoms with Gasteiger partial charge in [0.15, 0.2) is 11.6 Å². The van der Waals surface area contributed by atoms with Crippen LogP contribution in [0.15, 0.2) is 30.5 Å². The number of para-hydroxylation sites is 1. The normalized spacial score (nSPS) is 17.8. The highest BCUT2D eigenvalue weighted by Gasteiger charge is 2.41. The Labute approximate surface area is 221 Å². The quantitative estimate of drug-likeness (QED) is 0.284. The zero-order chi connectivity index (χ0) is 28.4. The van der Waals surface area contributed by atoms with Crippen LogP contribution in [0.3, 0.4) is 0 Å². The van der Waals surface area contributed by atoms with Crippen LogP contribution in [0.25, 0.3) is 0 Å². The summed E-state index contributed by atoms with van der Waals surface area (Å²) < 4.78 is 20.2. The molecule has 2 atom stereocenters. The summed E-state index contributed by atoms with van der Waals surface area (Å²) in [5.74, 6) is -6.71. The second kappa shape index (κ2) is 11.1. The van der Waals surface area contributed by atoms with Gasteiger partial charge in [-0.3, -0.25) is 24.3 Å². The largest absolute Gasteiger partial charge is 0.535 e. The average molecular weight is 542 g/mol. The number of nitrogens with one attached hydrogen (secondary N) is 1. The van der Waals surface area contributed by atoms with Crippen LogP contribution in [-0.4, -0.2) is 86.4 Å². The molecular weight excluding hydrogens is 518 g/mol. The summed E-state index contributed by atoms with van der Waals surface area (Å²) >= 11 is 0. The molecule has 1 aromatic carbocycles. The molecule has 0 saturated carbocycles. The molecule has 1 saturated heterocycles. The third-order valence-electron chi connectivity index (χ3n) is 6.57. The molecule has 0 unspecified atom stereocenters. The van der Waals surface area contributed by atoms with Gasteiger partial charge in [-0.1, -0.05) is 12.1 Å². The van der Waals surface area contributed by atoms with Gasteiger partial charge in [0.25, 0.3) is 0 Å². The number of carbonyl (C=O) groups excluding carboxylic acids is 4. The van der Waals surface area contributed by atoms with Crippen molar-refractivity contribution in [3.63, 3.8) is 0 Å². The number of hydrogen-bond acceptors (Lipinski definition) is 9. The van der Waals surface area contributed by atoms with Crippen molar-refractivity contribution in [1.82, 2.24) is 20.1 Å². The van der Waals surface area contributed by atoms with Gasteiger partial charge in [-0.15, -0.1) is 0 Å². The van der Waals surface area contributed by atoms with Gasteiger partial charge in [0.05, 0.1) is 11.8 Å². The van der Waals surface area contributed by atoms with Crippen LogP contribution in [0, 0.1) is 5.82 Å². The Morgan fingerprint density at radius 1 is 1.26 bits per heavy atom. The van der Waals surface area contributed by atoms with Crippen LogP contribution in [0.2, 0.25) is 5.82 Å². The molecular formula is C24H24BFN4O9. The van der Waals surface area contributed by atoms with E-state index in [-0.39, 0.29) is 37.4 Å². The summed E-state index contributed by atoms with van der Waals surface area (Å²) in [5, 5.41) is 31.7. The fourth-order valence-corrected chi connectivity index (χ4v) is 4.53. The summed E-state index contributed by atoms with van der Waals surface area (Å²) in [4.78, 5) is 68.2. The lowest BCUT2D eigenvalue weighted by Crippen LogP contribution is -2.58. The third kappa shape index (κ3) is 5.52. The Morgan fingerprint density at radius 3 is 2.67 bits per heavy atom. The average Bonchev–Trinajstić information content (AvgIpc) is 2.89. The fourth-order valence-electron chi connectivity index (χ4n) is 4.53. The van der Waals surface area contributed by atoms with E-state index in [0.717, 1.165) is 6.20 Å². The monoisotopic (exact) mass is 542 g/mol. The summed E-state index contributed by atoms with van der Waals surface area (Å²) in [6.45, 7) is 1.84. The number of aromatic nitrogens is 1. The maximum Gasteiger partial charge on any atom is 0.526 e. The number of imide groups is 1. The van der Waals surface area contributed by atoms with Gasteiger partial charge in [-0.05, 0) is 25.0 Å². The van der Waals surface area contributed by atoms with Crippen LogP contribution in [-0.2, 0) is 20.8 Å².